The van der Waals surface area contributed by atoms with Crippen LogP contribution < -0.4 is 5.32 Å². The minimum Gasteiger partial charge on any atom is -0.326 e. The van der Waals surface area contributed by atoms with Crippen molar-refractivity contribution in [1.29, 1.82) is 0 Å². The Hall–Kier alpha value is -0.830. The van der Waals surface area contributed by atoms with Crippen molar-refractivity contribution in [3.63, 3.8) is 0 Å². The fourth-order valence-corrected chi connectivity index (χ4v) is 1.72. The largest absolute Gasteiger partial charge is 0.326 e. The van der Waals surface area contributed by atoms with E-state index in [1.807, 2.05) is 24.3 Å². The van der Waals surface area contributed by atoms with Gasteiger partial charge in [0.15, 0.2) is 0 Å². The summed E-state index contributed by atoms with van der Waals surface area (Å²) in [5.41, 5.74) is 2.10. The molecule has 1 N–H and O–H groups in total. The molecule has 0 spiro atoms. The molecule has 1 amide bonds. The first-order valence-electron chi connectivity index (χ1n) is 4.92. The second kappa shape index (κ2) is 4.79. The molecule has 0 saturated carbocycles. The molecular formula is C12H16BrNO. The van der Waals surface area contributed by atoms with Gasteiger partial charge in [0.1, 0.15) is 0 Å². The van der Waals surface area contributed by atoms with E-state index in [0.29, 0.717) is 0 Å². The summed E-state index contributed by atoms with van der Waals surface area (Å²) in [5.74, 6) is -0.0384. The highest BCUT2D eigenvalue weighted by atomic mass is 79.9. The number of anilines is 1. The fourth-order valence-electron chi connectivity index (χ4n) is 1.39. The Balaban J connectivity index is 2.68. The Bertz CT molecular complexity index is 338. The van der Waals surface area contributed by atoms with Crippen molar-refractivity contribution < 1.29 is 4.79 Å². The number of benzene rings is 1. The third-order valence-electron chi connectivity index (χ3n) is 1.90. The first-order chi connectivity index (χ1) is 6.87. The van der Waals surface area contributed by atoms with Gasteiger partial charge >= 0.3 is 0 Å². The molecule has 3 heteroatoms. The zero-order valence-corrected chi connectivity index (χ0v) is 10.9. The van der Waals surface area contributed by atoms with Gasteiger partial charge in [0, 0.05) is 16.9 Å². The Morgan fingerprint density at radius 2 is 1.87 bits per heavy atom. The first kappa shape index (κ1) is 12.2. The molecule has 0 bridgehead atoms. The Morgan fingerprint density at radius 3 is 2.27 bits per heavy atom. The summed E-state index contributed by atoms with van der Waals surface area (Å²) in [6.45, 7) is 5.78. The second-order valence-electron chi connectivity index (χ2n) is 4.27. The molecule has 0 atom stereocenters. The summed E-state index contributed by atoms with van der Waals surface area (Å²) >= 11 is 3.60. The minimum absolute atomic E-state index is 0.0384. The van der Waals surface area contributed by atoms with Crippen molar-refractivity contribution in [2.24, 2.45) is 0 Å². The third kappa shape index (κ3) is 4.98. The van der Waals surface area contributed by atoms with E-state index in [2.05, 4.69) is 35.1 Å². The van der Waals surface area contributed by atoms with Crippen molar-refractivity contribution in [2.45, 2.75) is 31.5 Å². The highest BCUT2D eigenvalue weighted by Crippen LogP contribution is 2.22. The van der Waals surface area contributed by atoms with Crippen LogP contribution in [0.5, 0.6) is 0 Å². The van der Waals surface area contributed by atoms with Crippen LogP contribution in [-0.4, -0.2) is 10.2 Å². The maximum atomic E-state index is 10.8. The number of hydrogen-bond donors (Lipinski definition) is 1. The van der Waals surface area contributed by atoms with Crippen molar-refractivity contribution in [2.75, 3.05) is 5.32 Å². The zero-order valence-electron chi connectivity index (χ0n) is 9.30. The number of carbonyl (C=O) groups is 1. The molecule has 1 rings (SSSR count). The molecule has 0 fully saturated rings. The number of carbonyl (C=O) groups excluding carboxylic acids is 1. The lowest BCUT2D eigenvalue weighted by Crippen LogP contribution is -2.13. The van der Waals surface area contributed by atoms with Crippen molar-refractivity contribution >= 4 is 27.5 Å². The van der Waals surface area contributed by atoms with Gasteiger partial charge in [-0.2, -0.15) is 0 Å². The maximum Gasteiger partial charge on any atom is 0.221 e. The summed E-state index contributed by atoms with van der Waals surface area (Å²) in [4.78, 5) is 10.8. The van der Waals surface area contributed by atoms with E-state index in [0.717, 1.165) is 12.1 Å². The smallest absolute Gasteiger partial charge is 0.221 e. The van der Waals surface area contributed by atoms with Gasteiger partial charge < -0.3 is 5.32 Å². The predicted octanol–water partition coefficient (Wildman–Crippen LogP) is 3.36. The Labute approximate surface area is 99.2 Å². The molecule has 1 aromatic rings. The SMILES string of the molecule is CC(=O)Nc1ccc(CC(C)(C)Br)cc1. The lowest BCUT2D eigenvalue weighted by atomic mass is 10.0. The van der Waals surface area contributed by atoms with Crippen LogP contribution in [0.3, 0.4) is 0 Å². The van der Waals surface area contributed by atoms with Gasteiger partial charge in [0.2, 0.25) is 5.91 Å². The van der Waals surface area contributed by atoms with Gasteiger partial charge in [-0.3, -0.25) is 4.79 Å². The van der Waals surface area contributed by atoms with E-state index >= 15 is 0 Å². The molecule has 0 aliphatic rings. The van der Waals surface area contributed by atoms with Crippen LogP contribution in [0.15, 0.2) is 24.3 Å². The second-order valence-corrected chi connectivity index (χ2v) is 6.42. The van der Waals surface area contributed by atoms with Crippen LogP contribution in [0.2, 0.25) is 0 Å². The molecule has 1 aromatic carbocycles. The van der Waals surface area contributed by atoms with Gasteiger partial charge in [0.25, 0.3) is 0 Å². The number of rotatable bonds is 3. The summed E-state index contributed by atoms with van der Waals surface area (Å²) in [5, 5.41) is 2.74. The maximum absolute atomic E-state index is 10.8. The normalized spacial score (nSPS) is 11.2. The van der Waals surface area contributed by atoms with E-state index < -0.39 is 0 Å². The molecule has 0 aliphatic carbocycles. The van der Waals surface area contributed by atoms with E-state index in [4.69, 9.17) is 0 Å². The summed E-state index contributed by atoms with van der Waals surface area (Å²) in [6.07, 6.45) is 0.966. The fraction of sp³-hybridized carbons (Fsp3) is 0.417. The predicted molar refractivity (Wildman–Crippen MR) is 67.5 cm³/mol. The lowest BCUT2D eigenvalue weighted by molar-refractivity contribution is -0.114. The van der Waals surface area contributed by atoms with Crippen LogP contribution >= 0.6 is 15.9 Å². The van der Waals surface area contributed by atoms with Crippen LogP contribution in [0.1, 0.15) is 26.3 Å². The molecule has 0 aromatic heterocycles. The molecule has 2 nitrogen and oxygen atoms in total. The summed E-state index contributed by atoms with van der Waals surface area (Å²) < 4.78 is 0.114. The number of amides is 1. The average molecular weight is 270 g/mol. The van der Waals surface area contributed by atoms with Gasteiger partial charge in [-0.25, -0.2) is 0 Å². The van der Waals surface area contributed by atoms with E-state index in [1.165, 1.54) is 12.5 Å². The third-order valence-corrected chi connectivity index (χ3v) is 2.18. The summed E-state index contributed by atoms with van der Waals surface area (Å²) in [7, 11) is 0. The first-order valence-corrected chi connectivity index (χ1v) is 5.71. The van der Waals surface area contributed by atoms with Gasteiger partial charge in [-0.05, 0) is 38.0 Å². The number of alkyl halides is 1. The van der Waals surface area contributed by atoms with Crippen molar-refractivity contribution in [3.05, 3.63) is 29.8 Å². The van der Waals surface area contributed by atoms with Crippen molar-refractivity contribution in [1.82, 2.24) is 0 Å². The molecule has 0 saturated heterocycles. The molecule has 0 radical (unpaired) electrons. The van der Waals surface area contributed by atoms with Crippen LogP contribution in [-0.2, 0) is 11.2 Å². The van der Waals surface area contributed by atoms with Gasteiger partial charge in [-0.1, -0.05) is 28.1 Å². The molecule has 82 valence electrons. The number of nitrogens with one attached hydrogen (secondary N) is 1. The minimum atomic E-state index is -0.0384. The Kier molecular flexibility index (Phi) is 3.91. The molecule has 0 heterocycles. The highest BCUT2D eigenvalue weighted by molar-refractivity contribution is 9.10. The van der Waals surface area contributed by atoms with Crippen LogP contribution in [0.4, 0.5) is 5.69 Å². The topological polar surface area (TPSA) is 29.1 Å². The quantitative estimate of drug-likeness (QED) is 0.838. The monoisotopic (exact) mass is 269 g/mol. The zero-order chi connectivity index (χ0) is 11.5. The summed E-state index contributed by atoms with van der Waals surface area (Å²) in [6, 6.07) is 7.92. The van der Waals surface area contributed by atoms with E-state index in [1.54, 1.807) is 0 Å². The molecule has 0 aliphatic heterocycles. The number of hydrogen-bond acceptors (Lipinski definition) is 1. The van der Waals surface area contributed by atoms with Crippen molar-refractivity contribution in [3.8, 4) is 0 Å². The molecule has 15 heavy (non-hydrogen) atoms. The Morgan fingerprint density at radius 1 is 1.33 bits per heavy atom. The van der Waals surface area contributed by atoms with Gasteiger partial charge in [0.05, 0.1) is 0 Å². The molecular weight excluding hydrogens is 254 g/mol. The number of halogens is 1. The average Bonchev–Trinajstić information content (AvgIpc) is 2.05. The lowest BCUT2D eigenvalue weighted by Gasteiger charge is -2.16. The van der Waals surface area contributed by atoms with E-state index in [-0.39, 0.29) is 10.2 Å². The highest BCUT2D eigenvalue weighted by Gasteiger charge is 2.12. The van der Waals surface area contributed by atoms with Crippen LogP contribution in [0.25, 0.3) is 0 Å². The van der Waals surface area contributed by atoms with E-state index in [9.17, 15) is 4.79 Å². The standard InChI is InChI=1S/C12H16BrNO/c1-9(15)14-11-6-4-10(5-7-11)8-12(2,3)13/h4-7H,8H2,1-3H3,(H,14,15). The van der Waals surface area contributed by atoms with Gasteiger partial charge in [-0.15, -0.1) is 0 Å². The molecule has 0 unspecified atom stereocenters. The van der Waals surface area contributed by atoms with Crippen LogP contribution in [0, 0.1) is 0 Å².